The van der Waals surface area contributed by atoms with E-state index in [2.05, 4.69) is 9.88 Å². The van der Waals surface area contributed by atoms with E-state index in [1.165, 1.54) is 0 Å². The number of hydrogen-bond acceptors (Lipinski definition) is 6. The van der Waals surface area contributed by atoms with E-state index in [0.29, 0.717) is 24.8 Å². The van der Waals surface area contributed by atoms with Gasteiger partial charge in [-0.15, -0.1) is 0 Å². The molecule has 1 amide bonds. The van der Waals surface area contributed by atoms with Gasteiger partial charge in [0, 0.05) is 45.3 Å². The highest BCUT2D eigenvalue weighted by atomic mass is 19.1. The average molecular weight is 351 g/mol. The summed E-state index contributed by atoms with van der Waals surface area (Å²) < 4.78 is 19.3. The number of rotatable bonds is 2. The van der Waals surface area contributed by atoms with Gasteiger partial charge in [0.05, 0.1) is 5.69 Å². The molecule has 2 aliphatic heterocycles. The molecule has 25 heavy (non-hydrogen) atoms. The lowest BCUT2D eigenvalue weighted by molar-refractivity contribution is -0.0162. The van der Waals surface area contributed by atoms with E-state index in [1.807, 2.05) is 25.7 Å². The van der Waals surface area contributed by atoms with Gasteiger partial charge in [-0.1, -0.05) is 0 Å². The minimum absolute atomic E-state index is 0.191. The van der Waals surface area contributed by atoms with Crippen molar-refractivity contribution >= 4 is 17.6 Å². The minimum Gasteiger partial charge on any atom is -0.444 e. The van der Waals surface area contributed by atoms with Crippen molar-refractivity contribution in [3.05, 3.63) is 18.1 Å². The van der Waals surface area contributed by atoms with Gasteiger partial charge in [0.2, 0.25) is 5.95 Å². The fourth-order valence-electron chi connectivity index (χ4n) is 3.17. The zero-order valence-electron chi connectivity index (χ0n) is 15.0. The lowest BCUT2D eigenvalue weighted by Crippen LogP contribution is -2.64. The number of ether oxygens (including phenoxy) is 1. The van der Waals surface area contributed by atoms with E-state index in [0.717, 1.165) is 26.2 Å². The Hall–Kier alpha value is -2.09. The van der Waals surface area contributed by atoms with Crippen LogP contribution in [-0.4, -0.2) is 71.8 Å². The lowest BCUT2D eigenvalue weighted by Gasteiger charge is -2.48. The Morgan fingerprint density at radius 2 is 1.88 bits per heavy atom. The Morgan fingerprint density at radius 3 is 2.44 bits per heavy atom. The SMILES string of the molecule is CC(C)(C)OC(=O)N1CC(N2CCN(c3ccc(N)nc3F)CC2)C1. The number of nitrogens with zero attached hydrogens (tertiary/aromatic N) is 4. The van der Waals surface area contributed by atoms with Crippen LogP contribution in [0.1, 0.15) is 20.8 Å². The Morgan fingerprint density at radius 1 is 1.24 bits per heavy atom. The average Bonchev–Trinajstić information content (AvgIpc) is 2.45. The monoisotopic (exact) mass is 351 g/mol. The van der Waals surface area contributed by atoms with Gasteiger partial charge in [-0.2, -0.15) is 4.39 Å². The molecular formula is C17H26FN5O2. The van der Waals surface area contributed by atoms with E-state index in [4.69, 9.17) is 10.5 Å². The number of pyridine rings is 1. The highest BCUT2D eigenvalue weighted by Gasteiger charge is 2.38. The Balaban J connectivity index is 1.47. The number of nitrogens with two attached hydrogens (primary N) is 1. The predicted molar refractivity (Wildman–Crippen MR) is 94.0 cm³/mol. The van der Waals surface area contributed by atoms with Gasteiger partial charge in [0.1, 0.15) is 11.4 Å². The molecule has 1 aromatic rings. The molecule has 0 radical (unpaired) electrons. The molecule has 8 heteroatoms. The first kappa shape index (κ1) is 17.7. The maximum atomic E-state index is 13.9. The van der Waals surface area contributed by atoms with E-state index in [9.17, 15) is 9.18 Å². The zero-order chi connectivity index (χ0) is 18.2. The molecule has 3 rings (SSSR count). The summed E-state index contributed by atoms with van der Waals surface area (Å²) in [4.78, 5) is 21.7. The predicted octanol–water partition coefficient (Wildman–Crippen LogP) is 1.54. The Labute approximate surface area is 147 Å². The number of anilines is 2. The Bertz CT molecular complexity index is 634. The highest BCUT2D eigenvalue weighted by Crippen LogP contribution is 2.24. The standard InChI is InChI=1S/C17H26FN5O2/c1-17(2,3)25-16(24)23-10-12(11-23)21-6-8-22(9-7-21)13-4-5-14(19)20-15(13)18/h4-5,12H,6-11H2,1-3H3,(H2,19,20). The normalized spacial score (nSPS) is 19.7. The molecule has 138 valence electrons. The molecule has 2 saturated heterocycles. The molecule has 0 unspecified atom stereocenters. The van der Waals surface area contributed by atoms with Crippen LogP contribution in [0.2, 0.25) is 0 Å². The molecule has 1 aromatic heterocycles. The van der Waals surface area contributed by atoms with Crippen LogP contribution in [0.3, 0.4) is 0 Å². The molecule has 2 N–H and O–H groups in total. The summed E-state index contributed by atoms with van der Waals surface area (Å²) in [6.45, 7) is 10.1. The molecule has 0 spiro atoms. The molecular weight excluding hydrogens is 325 g/mol. The van der Waals surface area contributed by atoms with Gasteiger partial charge in [0.25, 0.3) is 0 Å². The molecule has 2 fully saturated rings. The van der Waals surface area contributed by atoms with Gasteiger partial charge < -0.3 is 20.3 Å². The molecule has 2 aliphatic rings. The van der Waals surface area contributed by atoms with Crippen molar-refractivity contribution in [1.29, 1.82) is 0 Å². The van der Waals surface area contributed by atoms with Crippen LogP contribution in [0.5, 0.6) is 0 Å². The fraction of sp³-hybridized carbons (Fsp3) is 0.647. The lowest BCUT2D eigenvalue weighted by atomic mass is 10.1. The first-order chi connectivity index (χ1) is 11.7. The number of amides is 1. The topological polar surface area (TPSA) is 74.9 Å². The van der Waals surface area contributed by atoms with Gasteiger partial charge in [-0.3, -0.25) is 4.90 Å². The maximum Gasteiger partial charge on any atom is 0.410 e. The fourth-order valence-corrected chi connectivity index (χ4v) is 3.17. The molecule has 0 aromatic carbocycles. The highest BCUT2D eigenvalue weighted by molar-refractivity contribution is 5.69. The number of halogens is 1. The van der Waals surface area contributed by atoms with Crippen molar-refractivity contribution in [1.82, 2.24) is 14.8 Å². The number of hydrogen-bond donors (Lipinski definition) is 1. The van der Waals surface area contributed by atoms with Crippen molar-refractivity contribution in [2.45, 2.75) is 32.4 Å². The third-order valence-electron chi connectivity index (χ3n) is 4.54. The summed E-state index contributed by atoms with van der Waals surface area (Å²) in [5.74, 6) is -0.329. The van der Waals surface area contributed by atoms with Crippen LogP contribution < -0.4 is 10.6 Å². The number of aromatic nitrogens is 1. The van der Waals surface area contributed by atoms with Gasteiger partial charge in [-0.25, -0.2) is 9.78 Å². The number of likely N-dealkylation sites (tertiary alicyclic amines) is 1. The summed E-state index contributed by atoms with van der Waals surface area (Å²) in [6.07, 6.45) is -0.252. The van der Waals surface area contributed by atoms with Crippen LogP contribution in [0.4, 0.5) is 20.7 Å². The van der Waals surface area contributed by atoms with Gasteiger partial charge >= 0.3 is 6.09 Å². The molecule has 3 heterocycles. The first-order valence-electron chi connectivity index (χ1n) is 8.62. The number of nitrogen functional groups attached to an aromatic ring is 1. The van der Waals surface area contributed by atoms with Gasteiger partial charge in [-0.05, 0) is 32.9 Å². The largest absolute Gasteiger partial charge is 0.444 e. The van der Waals surface area contributed by atoms with E-state index < -0.39 is 11.5 Å². The zero-order valence-corrected chi connectivity index (χ0v) is 15.0. The third kappa shape index (κ3) is 4.12. The smallest absolute Gasteiger partial charge is 0.410 e. The van der Waals surface area contributed by atoms with E-state index >= 15 is 0 Å². The summed E-state index contributed by atoms with van der Waals surface area (Å²) in [5.41, 5.74) is 5.53. The van der Waals surface area contributed by atoms with E-state index in [-0.39, 0.29) is 11.9 Å². The van der Waals surface area contributed by atoms with Crippen LogP contribution in [0, 0.1) is 5.95 Å². The van der Waals surface area contributed by atoms with Crippen molar-refractivity contribution in [2.24, 2.45) is 0 Å². The first-order valence-corrected chi connectivity index (χ1v) is 8.62. The number of carbonyl (C=O) groups is 1. The van der Waals surface area contributed by atoms with Gasteiger partial charge in [0.15, 0.2) is 0 Å². The summed E-state index contributed by atoms with van der Waals surface area (Å²) in [7, 11) is 0. The van der Waals surface area contributed by atoms with Crippen molar-refractivity contribution in [3.63, 3.8) is 0 Å². The van der Waals surface area contributed by atoms with Crippen LogP contribution >= 0.6 is 0 Å². The maximum absolute atomic E-state index is 13.9. The second kappa shape index (κ2) is 6.67. The molecule has 7 nitrogen and oxygen atoms in total. The minimum atomic E-state index is -0.520. The quantitative estimate of drug-likeness (QED) is 0.815. The second-order valence-electron chi connectivity index (χ2n) is 7.61. The van der Waals surface area contributed by atoms with Crippen molar-refractivity contribution < 1.29 is 13.9 Å². The summed E-state index contributed by atoms with van der Waals surface area (Å²) in [5, 5.41) is 0. The van der Waals surface area contributed by atoms with Crippen LogP contribution in [0.25, 0.3) is 0 Å². The second-order valence-corrected chi connectivity index (χ2v) is 7.61. The Kier molecular flexibility index (Phi) is 4.73. The third-order valence-corrected chi connectivity index (χ3v) is 4.54. The molecule has 0 atom stereocenters. The van der Waals surface area contributed by atoms with Crippen molar-refractivity contribution in [3.8, 4) is 0 Å². The van der Waals surface area contributed by atoms with E-state index in [1.54, 1.807) is 17.0 Å². The molecule has 0 saturated carbocycles. The van der Waals surface area contributed by atoms with Crippen molar-refractivity contribution in [2.75, 3.05) is 49.9 Å². The summed E-state index contributed by atoms with van der Waals surface area (Å²) >= 11 is 0. The number of piperazine rings is 1. The van der Waals surface area contributed by atoms with Crippen LogP contribution in [0.15, 0.2) is 12.1 Å². The molecule has 0 aliphatic carbocycles. The summed E-state index contributed by atoms with van der Waals surface area (Å²) in [6, 6.07) is 3.65. The van der Waals surface area contributed by atoms with Crippen LogP contribution in [-0.2, 0) is 4.74 Å². The molecule has 0 bridgehead atoms. The number of carbonyl (C=O) groups excluding carboxylic acids is 1.